The number of nitrogens with one attached hydrogen (secondary N) is 1. The standard InChI is InChI=1S/C20H17ClFN3O/c21-20-14(10-13-4-1-2-5-17(13)24-20)12-23-15-7-8-18(16(22)11-15)25-9-3-6-19(25)26/h1-2,4-5,7-8,10-11,23H,3,6,9,12H2. The number of hydrogen-bond donors (Lipinski definition) is 1. The van der Waals surface area contributed by atoms with E-state index in [1.165, 1.54) is 11.0 Å². The molecule has 0 bridgehead atoms. The van der Waals surface area contributed by atoms with E-state index >= 15 is 0 Å². The van der Waals surface area contributed by atoms with Crippen molar-refractivity contribution in [3.63, 3.8) is 0 Å². The lowest BCUT2D eigenvalue weighted by Crippen LogP contribution is -2.24. The summed E-state index contributed by atoms with van der Waals surface area (Å²) in [4.78, 5) is 17.7. The summed E-state index contributed by atoms with van der Waals surface area (Å²) in [5, 5.41) is 4.60. The molecule has 0 radical (unpaired) electrons. The third-order valence-corrected chi connectivity index (χ3v) is 4.87. The molecule has 1 saturated heterocycles. The minimum atomic E-state index is -0.409. The molecular formula is C20H17ClFN3O. The van der Waals surface area contributed by atoms with E-state index in [1.807, 2.05) is 30.3 Å². The van der Waals surface area contributed by atoms with Crippen molar-refractivity contribution in [2.75, 3.05) is 16.8 Å². The molecule has 132 valence electrons. The van der Waals surface area contributed by atoms with Crippen molar-refractivity contribution in [1.82, 2.24) is 4.98 Å². The Morgan fingerprint density at radius 1 is 1.19 bits per heavy atom. The first-order valence-electron chi connectivity index (χ1n) is 8.50. The highest BCUT2D eigenvalue weighted by Gasteiger charge is 2.24. The Bertz CT molecular complexity index is 992. The summed E-state index contributed by atoms with van der Waals surface area (Å²) in [5.74, 6) is -0.438. The maximum atomic E-state index is 14.4. The summed E-state index contributed by atoms with van der Waals surface area (Å²) in [6.45, 7) is 0.999. The molecule has 0 aliphatic carbocycles. The average molecular weight is 370 g/mol. The number of aromatic nitrogens is 1. The fourth-order valence-corrected chi connectivity index (χ4v) is 3.41. The molecule has 0 saturated carbocycles. The topological polar surface area (TPSA) is 45.2 Å². The lowest BCUT2D eigenvalue weighted by atomic mass is 10.1. The van der Waals surface area contributed by atoms with Gasteiger partial charge in [-0.25, -0.2) is 9.37 Å². The van der Waals surface area contributed by atoms with Crippen LogP contribution in [-0.2, 0) is 11.3 Å². The van der Waals surface area contributed by atoms with Crippen molar-refractivity contribution < 1.29 is 9.18 Å². The van der Waals surface area contributed by atoms with Crippen LogP contribution < -0.4 is 10.2 Å². The number of para-hydroxylation sites is 1. The van der Waals surface area contributed by atoms with Crippen LogP contribution in [0.3, 0.4) is 0 Å². The van der Waals surface area contributed by atoms with E-state index < -0.39 is 5.82 Å². The summed E-state index contributed by atoms with van der Waals surface area (Å²) < 4.78 is 14.4. The van der Waals surface area contributed by atoms with Crippen LogP contribution in [0.2, 0.25) is 5.15 Å². The number of amides is 1. The molecule has 1 aliphatic rings. The Morgan fingerprint density at radius 2 is 2.04 bits per heavy atom. The van der Waals surface area contributed by atoms with Crippen LogP contribution in [-0.4, -0.2) is 17.4 Å². The fraction of sp³-hybridized carbons (Fsp3) is 0.200. The number of halogens is 2. The predicted octanol–water partition coefficient (Wildman–Crippen LogP) is 4.77. The van der Waals surface area contributed by atoms with Gasteiger partial charge in [0.05, 0.1) is 11.2 Å². The van der Waals surface area contributed by atoms with Gasteiger partial charge in [0, 0.05) is 36.1 Å². The first-order chi connectivity index (χ1) is 12.6. The average Bonchev–Trinajstić information content (AvgIpc) is 3.06. The van der Waals surface area contributed by atoms with Gasteiger partial charge in [-0.1, -0.05) is 29.8 Å². The van der Waals surface area contributed by atoms with Gasteiger partial charge in [-0.05, 0) is 36.8 Å². The third kappa shape index (κ3) is 3.22. The highest BCUT2D eigenvalue weighted by atomic mass is 35.5. The molecule has 1 amide bonds. The van der Waals surface area contributed by atoms with E-state index in [0.717, 1.165) is 22.9 Å². The number of nitrogens with zero attached hydrogens (tertiary/aromatic N) is 2. The Balaban J connectivity index is 1.52. The molecule has 26 heavy (non-hydrogen) atoms. The van der Waals surface area contributed by atoms with E-state index in [-0.39, 0.29) is 5.91 Å². The minimum absolute atomic E-state index is 0.0290. The molecule has 1 fully saturated rings. The zero-order valence-electron chi connectivity index (χ0n) is 14.0. The summed E-state index contributed by atoms with van der Waals surface area (Å²) in [5.41, 5.74) is 2.64. The predicted molar refractivity (Wildman–Crippen MR) is 102 cm³/mol. The van der Waals surface area contributed by atoms with Gasteiger partial charge >= 0.3 is 0 Å². The number of anilines is 2. The van der Waals surface area contributed by atoms with Gasteiger partial charge in [0.1, 0.15) is 11.0 Å². The number of fused-ring (bicyclic) bond motifs is 1. The second kappa shape index (κ2) is 6.92. The number of pyridine rings is 1. The van der Waals surface area contributed by atoms with Crippen molar-refractivity contribution in [2.24, 2.45) is 0 Å². The Kier molecular flexibility index (Phi) is 4.47. The van der Waals surface area contributed by atoms with Crippen molar-refractivity contribution in [3.05, 3.63) is 65.1 Å². The van der Waals surface area contributed by atoms with Gasteiger partial charge < -0.3 is 10.2 Å². The SMILES string of the molecule is O=C1CCCN1c1ccc(NCc2cc3ccccc3nc2Cl)cc1F. The van der Waals surface area contributed by atoms with Gasteiger partial charge in [-0.3, -0.25) is 4.79 Å². The van der Waals surface area contributed by atoms with Crippen LogP contribution in [0.25, 0.3) is 10.9 Å². The monoisotopic (exact) mass is 369 g/mol. The van der Waals surface area contributed by atoms with Gasteiger partial charge in [-0.2, -0.15) is 0 Å². The van der Waals surface area contributed by atoms with Crippen LogP contribution in [0, 0.1) is 5.82 Å². The smallest absolute Gasteiger partial charge is 0.227 e. The fourth-order valence-electron chi connectivity index (χ4n) is 3.20. The first-order valence-corrected chi connectivity index (χ1v) is 8.87. The lowest BCUT2D eigenvalue weighted by Gasteiger charge is -2.17. The van der Waals surface area contributed by atoms with Crippen LogP contribution in [0.4, 0.5) is 15.8 Å². The lowest BCUT2D eigenvalue weighted by molar-refractivity contribution is -0.117. The second-order valence-electron chi connectivity index (χ2n) is 6.30. The molecular weight excluding hydrogens is 353 g/mol. The largest absolute Gasteiger partial charge is 0.381 e. The maximum absolute atomic E-state index is 14.4. The van der Waals surface area contributed by atoms with E-state index in [0.29, 0.717) is 36.0 Å². The molecule has 2 heterocycles. The van der Waals surface area contributed by atoms with Gasteiger partial charge in [-0.15, -0.1) is 0 Å². The second-order valence-corrected chi connectivity index (χ2v) is 6.66. The van der Waals surface area contributed by atoms with Gasteiger partial charge in [0.25, 0.3) is 0 Å². The van der Waals surface area contributed by atoms with Crippen LogP contribution in [0.15, 0.2) is 48.5 Å². The number of carbonyl (C=O) groups excluding carboxylic acids is 1. The normalized spacial score (nSPS) is 14.2. The van der Waals surface area contributed by atoms with E-state index in [4.69, 9.17) is 11.6 Å². The van der Waals surface area contributed by atoms with Crippen LogP contribution >= 0.6 is 11.6 Å². The van der Waals surface area contributed by atoms with Crippen LogP contribution in [0.5, 0.6) is 0 Å². The molecule has 4 rings (SSSR count). The summed E-state index contributed by atoms with van der Waals surface area (Å²) in [6.07, 6.45) is 1.25. The molecule has 1 aliphatic heterocycles. The van der Waals surface area contributed by atoms with E-state index in [2.05, 4.69) is 10.3 Å². The summed E-state index contributed by atoms with van der Waals surface area (Å²) in [6, 6.07) is 14.5. The Labute approximate surface area is 155 Å². The molecule has 4 nitrogen and oxygen atoms in total. The molecule has 0 spiro atoms. The van der Waals surface area contributed by atoms with E-state index in [1.54, 1.807) is 12.1 Å². The van der Waals surface area contributed by atoms with Crippen molar-refractivity contribution in [2.45, 2.75) is 19.4 Å². The molecule has 2 aromatic carbocycles. The van der Waals surface area contributed by atoms with Crippen molar-refractivity contribution >= 4 is 39.8 Å². The molecule has 1 N–H and O–H groups in total. The summed E-state index contributed by atoms with van der Waals surface area (Å²) in [7, 11) is 0. The quantitative estimate of drug-likeness (QED) is 0.674. The maximum Gasteiger partial charge on any atom is 0.227 e. The zero-order chi connectivity index (χ0) is 18.1. The number of carbonyl (C=O) groups is 1. The van der Waals surface area contributed by atoms with Crippen LogP contribution in [0.1, 0.15) is 18.4 Å². The molecule has 1 aromatic heterocycles. The summed E-state index contributed by atoms with van der Waals surface area (Å²) >= 11 is 6.26. The van der Waals surface area contributed by atoms with Crippen molar-refractivity contribution in [3.8, 4) is 0 Å². The highest BCUT2D eigenvalue weighted by Crippen LogP contribution is 2.27. The molecule has 0 atom stereocenters. The van der Waals surface area contributed by atoms with Gasteiger partial charge in [0.15, 0.2) is 0 Å². The van der Waals surface area contributed by atoms with Crippen molar-refractivity contribution in [1.29, 1.82) is 0 Å². The highest BCUT2D eigenvalue weighted by molar-refractivity contribution is 6.30. The zero-order valence-corrected chi connectivity index (χ0v) is 14.8. The number of hydrogen-bond acceptors (Lipinski definition) is 3. The molecule has 6 heteroatoms. The minimum Gasteiger partial charge on any atom is -0.381 e. The first kappa shape index (κ1) is 16.8. The Hall–Kier alpha value is -2.66. The van der Waals surface area contributed by atoms with E-state index in [9.17, 15) is 9.18 Å². The third-order valence-electron chi connectivity index (χ3n) is 4.54. The molecule has 0 unspecified atom stereocenters. The molecule has 3 aromatic rings. The Morgan fingerprint density at radius 3 is 2.81 bits per heavy atom. The number of benzene rings is 2. The number of rotatable bonds is 4. The van der Waals surface area contributed by atoms with Gasteiger partial charge in [0.2, 0.25) is 5.91 Å².